The molecule has 5 heteroatoms. The molecule has 0 aromatic carbocycles. The molecule has 0 radical (unpaired) electrons. The summed E-state index contributed by atoms with van der Waals surface area (Å²) in [5, 5.41) is 9.21. The molecule has 118 valence electrons. The standard InChI is InChI=1S/C17H22N2OS2/c1-13-11-21-12-16(13)17(20)18-9-14-4-6-19(7-5-14)10-15-3-2-8-22-15/h2-3,8,11-12,14H,4-7,9-10H2,1H3,(H,18,20). The van der Waals surface area contributed by atoms with E-state index in [9.17, 15) is 4.79 Å². The van der Waals surface area contributed by atoms with Gasteiger partial charge in [0.25, 0.3) is 5.91 Å². The quantitative estimate of drug-likeness (QED) is 0.903. The highest BCUT2D eigenvalue weighted by Gasteiger charge is 2.20. The Morgan fingerprint density at radius 1 is 1.36 bits per heavy atom. The molecule has 1 aliphatic heterocycles. The first-order valence-electron chi connectivity index (χ1n) is 7.78. The topological polar surface area (TPSA) is 32.3 Å². The highest BCUT2D eigenvalue weighted by molar-refractivity contribution is 7.09. The molecule has 3 heterocycles. The number of rotatable bonds is 5. The summed E-state index contributed by atoms with van der Waals surface area (Å²) in [6, 6.07) is 4.33. The Morgan fingerprint density at radius 2 is 2.18 bits per heavy atom. The summed E-state index contributed by atoms with van der Waals surface area (Å²) >= 11 is 3.43. The van der Waals surface area contributed by atoms with Crippen molar-refractivity contribution in [2.45, 2.75) is 26.3 Å². The lowest BCUT2D eigenvalue weighted by atomic mass is 9.96. The minimum atomic E-state index is 0.0831. The molecule has 22 heavy (non-hydrogen) atoms. The molecule has 0 saturated carbocycles. The van der Waals surface area contributed by atoms with Crippen molar-refractivity contribution in [1.82, 2.24) is 10.2 Å². The van der Waals surface area contributed by atoms with Crippen LogP contribution in [0.3, 0.4) is 0 Å². The van der Waals surface area contributed by atoms with Crippen LogP contribution in [0.1, 0.15) is 33.6 Å². The van der Waals surface area contributed by atoms with Crippen molar-refractivity contribution in [2.24, 2.45) is 5.92 Å². The molecule has 0 bridgehead atoms. The summed E-state index contributed by atoms with van der Waals surface area (Å²) in [6.45, 7) is 6.14. The van der Waals surface area contributed by atoms with Gasteiger partial charge in [0.05, 0.1) is 5.56 Å². The minimum absolute atomic E-state index is 0.0831. The fourth-order valence-electron chi connectivity index (χ4n) is 2.90. The lowest BCUT2D eigenvalue weighted by molar-refractivity contribution is 0.0935. The maximum Gasteiger partial charge on any atom is 0.252 e. The van der Waals surface area contributed by atoms with Gasteiger partial charge in [-0.2, -0.15) is 11.3 Å². The van der Waals surface area contributed by atoms with Crippen molar-refractivity contribution >= 4 is 28.6 Å². The van der Waals surface area contributed by atoms with Crippen LogP contribution in [-0.4, -0.2) is 30.4 Å². The average Bonchev–Trinajstić information content (AvgIpc) is 3.18. The van der Waals surface area contributed by atoms with Gasteiger partial charge in [-0.05, 0) is 61.2 Å². The van der Waals surface area contributed by atoms with Crippen LogP contribution in [0.25, 0.3) is 0 Å². The average molecular weight is 335 g/mol. The van der Waals surface area contributed by atoms with Gasteiger partial charge in [-0.1, -0.05) is 6.07 Å². The van der Waals surface area contributed by atoms with Gasteiger partial charge in [-0.3, -0.25) is 9.69 Å². The molecule has 0 spiro atoms. The van der Waals surface area contributed by atoms with E-state index >= 15 is 0 Å². The van der Waals surface area contributed by atoms with Crippen LogP contribution in [0.5, 0.6) is 0 Å². The van der Waals surface area contributed by atoms with Gasteiger partial charge in [0, 0.05) is 23.3 Å². The fraction of sp³-hybridized carbons (Fsp3) is 0.471. The number of thiophene rings is 2. The number of piperidine rings is 1. The van der Waals surface area contributed by atoms with Crippen LogP contribution in [-0.2, 0) is 6.54 Å². The summed E-state index contributed by atoms with van der Waals surface area (Å²) < 4.78 is 0. The third-order valence-electron chi connectivity index (χ3n) is 4.32. The predicted molar refractivity (Wildman–Crippen MR) is 93.7 cm³/mol. The zero-order valence-electron chi connectivity index (χ0n) is 12.9. The molecule has 2 aromatic heterocycles. The van der Waals surface area contributed by atoms with Crippen LogP contribution < -0.4 is 5.32 Å². The van der Waals surface area contributed by atoms with Crippen LogP contribution in [0.4, 0.5) is 0 Å². The Kier molecular flexibility index (Phi) is 5.28. The third kappa shape index (κ3) is 3.97. The smallest absolute Gasteiger partial charge is 0.252 e. The summed E-state index contributed by atoms with van der Waals surface area (Å²) in [7, 11) is 0. The molecule has 0 aliphatic carbocycles. The third-order valence-corrected chi connectivity index (χ3v) is 6.04. The normalized spacial score (nSPS) is 16.8. The van der Waals surface area contributed by atoms with Crippen molar-refractivity contribution in [3.8, 4) is 0 Å². The molecule has 0 atom stereocenters. The van der Waals surface area contributed by atoms with Crippen molar-refractivity contribution in [3.63, 3.8) is 0 Å². The van der Waals surface area contributed by atoms with Crippen molar-refractivity contribution in [3.05, 3.63) is 44.3 Å². The summed E-state index contributed by atoms with van der Waals surface area (Å²) in [6.07, 6.45) is 2.35. The molecule has 1 N–H and O–H groups in total. The Balaban J connectivity index is 1.40. The Bertz CT molecular complexity index is 598. The zero-order chi connectivity index (χ0) is 15.4. The second kappa shape index (κ2) is 7.40. The van der Waals surface area contributed by atoms with Gasteiger partial charge in [-0.25, -0.2) is 0 Å². The number of likely N-dealkylation sites (tertiary alicyclic amines) is 1. The van der Waals surface area contributed by atoms with E-state index in [-0.39, 0.29) is 5.91 Å². The number of aryl methyl sites for hydroxylation is 1. The zero-order valence-corrected chi connectivity index (χ0v) is 14.5. The van der Waals surface area contributed by atoms with Crippen molar-refractivity contribution in [2.75, 3.05) is 19.6 Å². The van der Waals surface area contributed by atoms with Gasteiger partial charge in [0.2, 0.25) is 0 Å². The lowest BCUT2D eigenvalue weighted by Crippen LogP contribution is -2.38. The maximum atomic E-state index is 12.1. The summed E-state index contributed by atoms with van der Waals surface area (Å²) in [4.78, 5) is 16.1. The molecule has 0 unspecified atom stereocenters. The predicted octanol–water partition coefficient (Wildman–Crippen LogP) is 3.76. The Hall–Kier alpha value is -1.17. The van der Waals surface area contributed by atoms with E-state index < -0.39 is 0 Å². The number of hydrogen-bond acceptors (Lipinski definition) is 4. The van der Waals surface area contributed by atoms with Crippen LogP contribution in [0, 0.1) is 12.8 Å². The molecule has 1 amide bonds. The highest BCUT2D eigenvalue weighted by Crippen LogP contribution is 2.20. The second-order valence-corrected chi connectivity index (χ2v) is 7.75. The number of amides is 1. The molecular weight excluding hydrogens is 312 g/mol. The number of nitrogens with one attached hydrogen (secondary N) is 1. The molecule has 1 aliphatic rings. The van der Waals surface area contributed by atoms with E-state index in [1.54, 1.807) is 11.3 Å². The summed E-state index contributed by atoms with van der Waals surface area (Å²) in [5.41, 5.74) is 1.91. The van der Waals surface area contributed by atoms with Crippen molar-refractivity contribution < 1.29 is 4.79 Å². The largest absolute Gasteiger partial charge is 0.352 e. The first kappa shape index (κ1) is 15.7. The molecule has 2 aromatic rings. The number of hydrogen-bond donors (Lipinski definition) is 1. The maximum absolute atomic E-state index is 12.1. The molecule has 1 saturated heterocycles. The highest BCUT2D eigenvalue weighted by atomic mass is 32.1. The van der Waals surface area contributed by atoms with E-state index in [4.69, 9.17) is 0 Å². The van der Waals surface area contributed by atoms with Gasteiger partial charge >= 0.3 is 0 Å². The van der Waals surface area contributed by atoms with Crippen molar-refractivity contribution in [1.29, 1.82) is 0 Å². The molecule has 3 rings (SSSR count). The van der Waals surface area contributed by atoms with E-state index in [1.807, 2.05) is 29.0 Å². The first-order valence-corrected chi connectivity index (χ1v) is 9.60. The van der Waals surface area contributed by atoms with E-state index in [2.05, 4.69) is 27.7 Å². The van der Waals surface area contributed by atoms with Crippen LogP contribution in [0.2, 0.25) is 0 Å². The minimum Gasteiger partial charge on any atom is -0.352 e. The van der Waals surface area contributed by atoms with Crippen LogP contribution in [0.15, 0.2) is 28.3 Å². The van der Waals surface area contributed by atoms with Gasteiger partial charge in [0.1, 0.15) is 0 Å². The number of carbonyl (C=O) groups excluding carboxylic acids is 1. The monoisotopic (exact) mass is 334 g/mol. The van der Waals surface area contributed by atoms with Gasteiger partial charge in [-0.15, -0.1) is 11.3 Å². The SMILES string of the molecule is Cc1cscc1C(=O)NCC1CCN(Cc2cccs2)CC1. The molecule has 3 nitrogen and oxygen atoms in total. The van der Waals surface area contributed by atoms with E-state index in [0.717, 1.165) is 37.3 Å². The number of carbonyl (C=O) groups is 1. The molecular formula is C17H22N2OS2. The molecule has 1 fully saturated rings. The Morgan fingerprint density at radius 3 is 2.82 bits per heavy atom. The van der Waals surface area contributed by atoms with E-state index in [0.29, 0.717) is 5.92 Å². The van der Waals surface area contributed by atoms with Gasteiger partial charge < -0.3 is 5.32 Å². The Labute approximate surface area is 140 Å². The summed E-state index contributed by atoms with van der Waals surface area (Å²) in [5.74, 6) is 0.697. The van der Waals surface area contributed by atoms with E-state index in [1.165, 1.54) is 17.7 Å². The lowest BCUT2D eigenvalue weighted by Gasteiger charge is -2.31. The first-order chi connectivity index (χ1) is 10.7. The second-order valence-electron chi connectivity index (χ2n) is 5.98. The van der Waals surface area contributed by atoms with Gasteiger partial charge in [0.15, 0.2) is 0 Å². The van der Waals surface area contributed by atoms with Crippen LogP contribution >= 0.6 is 22.7 Å². The number of nitrogens with zero attached hydrogens (tertiary/aromatic N) is 1. The fourth-order valence-corrected chi connectivity index (χ4v) is 4.47.